The number of rotatable bonds is 5. The lowest BCUT2D eigenvalue weighted by Crippen LogP contribution is -2.32. The van der Waals surface area contributed by atoms with Gasteiger partial charge in [-0.25, -0.2) is 14.1 Å². The quantitative estimate of drug-likeness (QED) is 0.568. The minimum atomic E-state index is -0.733. The second kappa shape index (κ2) is 7.71. The molecule has 2 aromatic carbocycles. The summed E-state index contributed by atoms with van der Waals surface area (Å²) in [4.78, 5) is 17.4. The number of halogens is 1. The van der Waals surface area contributed by atoms with Gasteiger partial charge in [-0.3, -0.25) is 4.79 Å². The fourth-order valence-electron chi connectivity index (χ4n) is 3.32. The summed E-state index contributed by atoms with van der Waals surface area (Å²) in [6.45, 7) is 1.83. The first kappa shape index (κ1) is 18.6. The summed E-state index contributed by atoms with van der Waals surface area (Å²) in [5, 5.41) is 7.27. The Morgan fingerprint density at radius 3 is 2.52 bits per heavy atom. The number of carbonyl (C=O) groups excluding carboxylic acids is 1. The van der Waals surface area contributed by atoms with Crippen molar-refractivity contribution >= 4 is 5.91 Å². The van der Waals surface area contributed by atoms with Gasteiger partial charge in [-0.15, -0.1) is 0 Å². The van der Waals surface area contributed by atoms with Crippen LogP contribution in [0.25, 0.3) is 5.69 Å². The predicted octanol–water partition coefficient (Wildman–Crippen LogP) is 3.57. The van der Waals surface area contributed by atoms with Gasteiger partial charge in [-0.05, 0) is 25.1 Å². The largest absolute Gasteiger partial charge is 0.338 e. The molecule has 2 heterocycles. The lowest BCUT2D eigenvalue weighted by molar-refractivity contribution is 0.0940. The third-order valence-corrected chi connectivity index (χ3v) is 4.86. The Labute approximate surface area is 167 Å². The maximum absolute atomic E-state index is 14.5. The first-order valence-corrected chi connectivity index (χ1v) is 9.19. The van der Waals surface area contributed by atoms with Crippen LogP contribution in [0.15, 0.2) is 73.2 Å². The topological polar surface area (TPSA) is 64.7 Å². The Balaban J connectivity index is 1.69. The van der Waals surface area contributed by atoms with Gasteiger partial charge in [0.05, 0.1) is 23.1 Å². The minimum Gasteiger partial charge on any atom is -0.338 e. The molecule has 0 saturated heterocycles. The smallest absolute Gasteiger partial charge is 0.255 e. The molecule has 0 aliphatic rings. The van der Waals surface area contributed by atoms with E-state index in [1.54, 1.807) is 46.9 Å². The van der Waals surface area contributed by atoms with Gasteiger partial charge in [0.1, 0.15) is 17.7 Å². The Morgan fingerprint density at radius 1 is 1.10 bits per heavy atom. The number of aromatic nitrogens is 4. The van der Waals surface area contributed by atoms with Crippen LogP contribution in [0.1, 0.15) is 33.5 Å². The highest BCUT2D eigenvalue weighted by atomic mass is 19.1. The molecule has 6 nitrogen and oxygen atoms in total. The Bertz CT molecular complexity index is 1150. The second-order valence-corrected chi connectivity index (χ2v) is 6.72. The summed E-state index contributed by atoms with van der Waals surface area (Å²) in [6.07, 6.45) is 4.90. The highest BCUT2D eigenvalue weighted by Crippen LogP contribution is 2.24. The summed E-state index contributed by atoms with van der Waals surface area (Å²) in [7, 11) is 1.81. The average molecular weight is 389 g/mol. The molecule has 0 bridgehead atoms. The lowest BCUT2D eigenvalue weighted by Gasteiger charge is -2.19. The summed E-state index contributed by atoms with van der Waals surface area (Å²) < 4.78 is 18.0. The van der Waals surface area contributed by atoms with Gasteiger partial charge in [0.25, 0.3) is 5.91 Å². The number of imidazole rings is 1. The number of carbonyl (C=O) groups is 1. The van der Waals surface area contributed by atoms with Crippen LogP contribution in [0.2, 0.25) is 0 Å². The van der Waals surface area contributed by atoms with Crippen LogP contribution in [0.5, 0.6) is 0 Å². The molecule has 29 heavy (non-hydrogen) atoms. The molecule has 0 saturated carbocycles. The summed E-state index contributed by atoms with van der Waals surface area (Å²) >= 11 is 0. The number of nitrogens with one attached hydrogen (secondary N) is 1. The summed E-state index contributed by atoms with van der Waals surface area (Å²) in [6, 6.07) is 15.2. The number of nitrogens with zero attached hydrogens (tertiary/aromatic N) is 4. The molecule has 1 N–H and O–H groups in total. The average Bonchev–Trinajstić information content (AvgIpc) is 3.33. The van der Waals surface area contributed by atoms with Crippen molar-refractivity contribution in [1.29, 1.82) is 0 Å². The van der Waals surface area contributed by atoms with Crippen molar-refractivity contribution < 1.29 is 9.18 Å². The van der Waals surface area contributed by atoms with E-state index in [2.05, 4.69) is 15.4 Å². The maximum Gasteiger partial charge on any atom is 0.255 e. The normalized spacial score (nSPS) is 12.0. The Kier molecular flexibility index (Phi) is 4.95. The zero-order chi connectivity index (χ0) is 20.4. The van der Waals surface area contributed by atoms with E-state index < -0.39 is 11.9 Å². The molecule has 4 aromatic rings. The van der Waals surface area contributed by atoms with Crippen LogP contribution in [0, 0.1) is 12.7 Å². The third-order valence-electron chi connectivity index (χ3n) is 4.86. The van der Waals surface area contributed by atoms with E-state index in [9.17, 15) is 9.18 Å². The van der Waals surface area contributed by atoms with Gasteiger partial charge in [0.2, 0.25) is 0 Å². The van der Waals surface area contributed by atoms with E-state index in [1.807, 2.05) is 37.3 Å². The number of amides is 1. The van der Waals surface area contributed by atoms with Gasteiger partial charge in [0.15, 0.2) is 0 Å². The molecular weight excluding hydrogens is 369 g/mol. The van der Waals surface area contributed by atoms with Crippen LogP contribution in [-0.4, -0.2) is 25.2 Å². The first-order valence-electron chi connectivity index (χ1n) is 9.19. The molecular formula is C22H20FN5O. The van der Waals surface area contributed by atoms with Crippen LogP contribution >= 0.6 is 0 Å². The molecule has 0 fully saturated rings. The predicted molar refractivity (Wildman–Crippen MR) is 107 cm³/mol. The second-order valence-electron chi connectivity index (χ2n) is 6.72. The van der Waals surface area contributed by atoms with E-state index in [-0.39, 0.29) is 5.91 Å². The van der Waals surface area contributed by atoms with Crippen molar-refractivity contribution in [2.45, 2.75) is 13.0 Å². The van der Waals surface area contributed by atoms with E-state index in [4.69, 9.17) is 0 Å². The fraction of sp³-hybridized carbons (Fsp3) is 0.136. The fourth-order valence-corrected chi connectivity index (χ4v) is 3.32. The zero-order valence-corrected chi connectivity index (χ0v) is 16.1. The molecule has 0 radical (unpaired) electrons. The first-order chi connectivity index (χ1) is 14.1. The molecule has 0 aliphatic carbocycles. The van der Waals surface area contributed by atoms with E-state index >= 15 is 0 Å². The molecule has 7 heteroatoms. The highest BCUT2D eigenvalue weighted by Gasteiger charge is 2.25. The highest BCUT2D eigenvalue weighted by molar-refractivity contribution is 5.95. The van der Waals surface area contributed by atoms with Gasteiger partial charge < -0.3 is 9.88 Å². The maximum atomic E-state index is 14.5. The van der Waals surface area contributed by atoms with Gasteiger partial charge in [0, 0.05) is 25.0 Å². The van der Waals surface area contributed by atoms with Crippen molar-refractivity contribution in [1.82, 2.24) is 24.6 Å². The van der Waals surface area contributed by atoms with Crippen molar-refractivity contribution in [3.63, 3.8) is 0 Å². The number of hydrogen-bond donors (Lipinski definition) is 1. The molecule has 0 unspecified atom stereocenters. The number of hydrogen-bond acceptors (Lipinski definition) is 3. The van der Waals surface area contributed by atoms with E-state index in [0.717, 1.165) is 5.69 Å². The van der Waals surface area contributed by atoms with Crippen LogP contribution < -0.4 is 5.32 Å². The molecule has 0 aliphatic heterocycles. The molecule has 146 valence electrons. The van der Waals surface area contributed by atoms with Gasteiger partial charge in [-0.1, -0.05) is 36.4 Å². The number of para-hydroxylation sites is 1. The molecule has 4 rings (SSSR count). The number of aryl methyl sites for hydroxylation is 1. The van der Waals surface area contributed by atoms with Crippen molar-refractivity contribution in [3.05, 3.63) is 102 Å². The summed E-state index contributed by atoms with van der Waals surface area (Å²) in [5.41, 5.74) is 2.33. The van der Waals surface area contributed by atoms with Crippen LogP contribution in [0.4, 0.5) is 4.39 Å². The molecule has 1 amide bonds. The van der Waals surface area contributed by atoms with Crippen molar-refractivity contribution in [2.24, 2.45) is 7.05 Å². The monoisotopic (exact) mass is 389 g/mol. The number of benzene rings is 2. The van der Waals surface area contributed by atoms with Crippen LogP contribution in [0.3, 0.4) is 0 Å². The molecule has 0 spiro atoms. The lowest BCUT2D eigenvalue weighted by atomic mass is 10.0. The molecule has 1 atom stereocenters. The van der Waals surface area contributed by atoms with Gasteiger partial charge >= 0.3 is 0 Å². The van der Waals surface area contributed by atoms with E-state index in [1.165, 1.54) is 12.3 Å². The zero-order valence-electron chi connectivity index (χ0n) is 16.1. The van der Waals surface area contributed by atoms with Crippen molar-refractivity contribution in [2.75, 3.05) is 0 Å². The summed E-state index contributed by atoms with van der Waals surface area (Å²) in [5.74, 6) is -0.213. The minimum absolute atomic E-state index is 0.346. The SMILES string of the molecule is Cc1c(C(=O)N[C@H](c2ccccc2F)c2nccn2C)cnn1-c1ccccc1. The van der Waals surface area contributed by atoms with E-state index in [0.29, 0.717) is 22.6 Å². The Morgan fingerprint density at radius 2 is 1.83 bits per heavy atom. The van der Waals surface area contributed by atoms with Gasteiger partial charge in [-0.2, -0.15) is 5.10 Å². The standard InChI is InChI=1S/C22H20FN5O/c1-15-18(14-25-28(15)16-8-4-3-5-9-16)22(29)26-20(21-24-12-13-27(21)2)17-10-6-7-11-19(17)23/h3-14,20H,1-2H3,(H,26,29)/t20-/m1/s1. The Hall–Kier alpha value is -3.74. The van der Waals surface area contributed by atoms with Crippen LogP contribution in [-0.2, 0) is 7.05 Å². The molecule has 2 aromatic heterocycles. The van der Waals surface area contributed by atoms with Crippen molar-refractivity contribution in [3.8, 4) is 5.69 Å². The third kappa shape index (κ3) is 3.54.